The first kappa shape index (κ1) is 29.3. The van der Waals surface area contributed by atoms with Crippen molar-refractivity contribution in [2.24, 2.45) is 5.92 Å². The van der Waals surface area contributed by atoms with E-state index in [1.54, 1.807) is 44.3 Å². The number of amides is 1. The van der Waals surface area contributed by atoms with Gasteiger partial charge >= 0.3 is 6.18 Å². The first-order valence-corrected chi connectivity index (χ1v) is 13.2. The highest BCUT2D eigenvalue weighted by Crippen LogP contribution is 2.40. The summed E-state index contributed by atoms with van der Waals surface area (Å²) in [4.78, 5) is 28.4. The van der Waals surface area contributed by atoms with Gasteiger partial charge in [0.25, 0.3) is 0 Å². The van der Waals surface area contributed by atoms with Crippen molar-refractivity contribution in [2.75, 3.05) is 19.1 Å². The summed E-state index contributed by atoms with van der Waals surface area (Å²) in [6.45, 7) is 3.20. The van der Waals surface area contributed by atoms with Gasteiger partial charge in [-0.05, 0) is 86.1 Å². The van der Waals surface area contributed by atoms with Crippen molar-refractivity contribution in [1.82, 2.24) is 9.78 Å². The molecule has 2 unspecified atom stereocenters. The largest absolute Gasteiger partial charge is 0.497 e. The minimum atomic E-state index is -4.62. The number of aromatic nitrogens is 2. The Bertz CT molecular complexity index is 1360. The zero-order chi connectivity index (χ0) is 29.2. The standard InChI is InChI=1S/C30H33F4N3O3/c1-18-12-20(15-22(31)13-18)14-21(29(39)36(3)23-8-10-25(40-4)11-9-23)16-24(38)17-37-27-19(2)6-5-7-26(27)28(35-37)30(32,33)34/h8-13,15,19,21H,5-7,14,16-17H2,1-4H3. The molecule has 1 aromatic heterocycles. The molecule has 0 bridgehead atoms. The molecule has 4 rings (SSSR count). The number of fused-ring (bicyclic) bond motifs is 1. The molecule has 1 aliphatic carbocycles. The summed E-state index contributed by atoms with van der Waals surface area (Å²) in [5.74, 6) is -1.67. The number of ether oxygens (including phenoxy) is 1. The normalized spacial score (nSPS) is 15.8. The molecule has 0 saturated carbocycles. The number of halogens is 4. The fraction of sp³-hybridized carbons (Fsp3) is 0.433. The van der Waals surface area contributed by atoms with E-state index in [9.17, 15) is 27.2 Å². The molecular weight excluding hydrogens is 526 g/mol. The van der Waals surface area contributed by atoms with Crippen LogP contribution in [0.3, 0.4) is 0 Å². The Morgan fingerprint density at radius 1 is 1.18 bits per heavy atom. The number of benzene rings is 2. The van der Waals surface area contributed by atoms with E-state index in [-0.39, 0.29) is 43.2 Å². The van der Waals surface area contributed by atoms with Gasteiger partial charge in [0.1, 0.15) is 11.6 Å². The number of nitrogens with zero attached hydrogens (tertiary/aromatic N) is 3. The van der Waals surface area contributed by atoms with Crippen molar-refractivity contribution in [3.63, 3.8) is 0 Å². The van der Waals surface area contributed by atoms with Crippen LogP contribution in [0, 0.1) is 18.7 Å². The number of hydrogen-bond donors (Lipinski definition) is 0. The van der Waals surface area contributed by atoms with Crippen molar-refractivity contribution >= 4 is 17.4 Å². The zero-order valence-electron chi connectivity index (χ0n) is 23.0. The number of anilines is 1. The maximum Gasteiger partial charge on any atom is 0.435 e. The van der Waals surface area contributed by atoms with E-state index >= 15 is 0 Å². The van der Waals surface area contributed by atoms with Crippen LogP contribution in [0.25, 0.3) is 0 Å². The molecule has 214 valence electrons. The second kappa shape index (κ2) is 11.8. The average Bonchev–Trinajstić information content (AvgIpc) is 3.27. The molecule has 1 amide bonds. The Labute approximate surface area is 230 Å². The fourth-order valence-corrected chi connectivity index (χ4v) is 5.55. The lowest BCUT2D eigenvalue weighted by molar-refractivity contribution is -0.142. The van der Waals surface area contributed by atoms with Crippen molar-refractivity contribution in [3.05, 3.63) is 76.4 Å². The molecule has 2 aromatic carbocycles. The van der Waals surface area contributed by atoms with E-state index in [4.69, 9.17) is 4.74 Å². The summed E-state index contributed by atoms with van der Waals surface area (Å²) in [5.41, 5.74) is 1.45. The molecule has 0 saturated heterocycles. The third-order valence-corrected chi connectivity index (χ3v) is 7.42. The summed E-state index contributed by atoms with van der Waals surface area (Å²) in [7, 11) is 3.11. The molecule has 0 fully saturated rings. The maximum atomic E-state index is 14.1. The van der Waals surface area contributed by atoms with Crippen LogP contribution in [-0.4, -0.2) is 35.6 Å². The minimum absolute atomic E-state index is 0.0884. The van der Waals surface area contributed by atoms with E-state index in [2.05, 4.69) is 5.10 Å². The molecule has 6 nitrogen and oxygen atoms in total. The highest BCUT2D eigenvalue weighted by atomic mass is 19.4. The molecule has 0 aliphatic heterocycles. The van der Waals surface area contributed by atoms with E-state index in [0.717, 1.165) is 0 Å². The summed E-state index contributed by atoms with van der Waals surface area (Å²) >= 11 is 0. The van der Waals surface area contributed by atoms with Crippen LogP contribution >= 0.6 is 0 Å². The van der Waals surface area contributed by atoms with E-state index < -0.39 is 29.4 Å². The van der Waals surface area contributed by atoms with Crippen LogP contribution in [0.15, 0.2) is 42.5 Å². The third-order valence-electron chi connectivity index (χ3n) is 7.42. The summed E-state index contributed by atoms with van der Waals surface area (Å²) in [6.07, 6.45) is -3.18. The smallest absolute Gasteiger partial charge is 0.435 e. The van der Waals surface area contributed by atoms with Crippen LogP contribution in [0.5, 0.6) is 5.75 Å². The van der Waals surface area contributed by atoms with Gasteiger partial charge < -0.3 is 9.64 Å². The Morgan fingerprint density at radius 3 is 2.50 bits per heavy atom. The predicted octanol–water partition coefficient (Wildman–Crippen LogP) is 6.28. The summed E-state index contributed by atoms with van der Waals surface area (Å²) in [5, 5.41) is 3.83. The van der Waals surface area contributed by atoms with Gasteiger partial charge in [0, 0.05) is 36.3 Å². The summed E-state index contributed by atoms with van der Waals surface area (Å²) in [6, 6.07) is 11.3. The lowest BCUT2D eigenvalue weighted by Gasteiger charge is -2.25. The number of carbonyl (C=O) groups is 2. The lowest BCUT2D eigenvalue weighted by Crippen LogP contribution is -2.36. The van der Waals surface area contributed by atoms with Crippen LogP contribution in [0.1, 0.15) is 60.2 Å². The van der Waals surface area contributed by atoms with Gasteiger partial charge in [-0.15, -0.1) is 0 Å². The first-order valence-electron chi connectivity index (χ1n) is 13.2. The molecule has 0 radical (unpaired) electrons. The second-order valence-corrected chi connectivity index (χ2v) is 10.5. The van der Waals surface area contributed by atoms with E-state index in [1.165, 1.54) is 28.8 Å². The number of alkyl halides is 3. The van der Waals surface area contributed by atoms with Gasteiger partial charge in [-0.25, -0.2) is 4.39 Å². The number of Topliss-reactive ketones (excluding diaryl/α,β-unsaturated/α-hetero) is 1. The molecule has 10 heteroatoms. The summed E-state index contributed by atoms with van der Waals surface area (Å²) < 4.78 is 61.7. The molecule has 1 heterocycles. The van der Waals surface area contributed by atoms with Crippen LogP contribution in [0.2, 0.25) is 0 Å². The third kappa shape index (κ3) is 6.54. The second-order valence-electron chi connectivity index (χ2n) is 10.5. The Balaban J connectivity index is 1.61. The zero-order valence-corrected chi connectivity index (χ0v) is 23.0. The maximum absolute atomic E-state index is 14.1. The quantitative estimate of drug-likeness (QED) is 0.290. The molecule has 3 aromatic rings. The van der Waals surface area contributed by atoms with Crippen molar-refractivity contribution in [3.8, 4) is 5.75 Å². The Morgan fingerprint density at radius 2 is 1.88 bits per heavy atom. The van der Waals surface area contributed by atoms with Gasteiger partial charge in [-0.3, -0.25) is 14.3 Å². The first-order chi connectivity index (χ1) is 18.9. The molecule has 1 aliphatic rings. The average molecular weight is 560 g/mol. The lowest BCUT2D eigenvalue weighted by atomic mass is 9.87. The molecule has 40 heavy (non-hydrogen) atoms. The molecule has 2 atom stereocenters. The highest BCUT2D eigenvalue weighted by Gasteiger charge is 2.41. The van der Waals surface area contributed by atoms with Crippen molar-refractivity contribution in [1.29, 1.82) is 0 Å². The number of hydrogen-bond acceptors (Lipinski definition) is 4. The Hall–Kier alpha value is -3.69. The van der Waals surface area contributed by atoms with Gasteiger partial charge in [-0.2, -0.15) is 18.3 Å². The van der Waals surface area contributed by atoms with Crippen molar-refractivity contribution in [2.45, 2.75) is 64.6 Å². The number of rotatable bonds is 9. The topological polar surface area (TPSA) is 64.4 Å². The van der Waals surface area contributed by atoms with Crippen LogP contribution in [-0.2, 0) is 35.2 Å². The SMILES string of the molecule is COc1ccc(N(C)C(=O)C(CC(=O)Cn2nc(C(F)(F)F)c3c2C(C)CCC3)Cc2cc(C)cc(F)c2)cc1. The number of aryl methyl sites for hydroxylation is 1. The van der Waals surface area contributed by atoms with Crippen LogP contribution in [0.4, 0.5) is 23.2 Å². The van der Waals surface area contributed by atoms with Gasteiger partial charge in [0.05, 0.1) is 13.7 Å². The van der Waals surface area contributed by atoms with Gasteiger partial charge in [-0.1, -0.05) is 13.0 Å². The van der Waals surface area contributed by atoms with E-state index in [1.807, 2.05) is 6.92 Å². The number of ketones is 1. The van der Waals surface area contributed by atoms with Gasteiger partial charge in [0.15, 0.2) is 11.5 Å². The molecular formula is C30H33F4N3O3. The number of carbonyl (C=O) groups excluding carboxylic acids is 2. The van der Waals surface area contributed by atoms with Crippen LogP contribution < -0.4 is 9.64 Å². The number of methoxy groups -OCH3 is 1. The van der Waals surface area contributed by atoms with Crippen molar-refractivity contribution < 1.29 is 31.9 Å². The fourth-order valence-electron chi connectivity index (χ4n) is 5.55. The van der Waals surface area contributed by atoms with E-state index in [0.29, 0.717) is 41.1 Å². The monoisotopic (exact) mass is 559 g/mol. The molecule has 0 spiro atoms. The van der Waals surface area contributed by atoms with Gasteiger partial charge in [0.2, 0.25) is 5.91 Å². The highest BCUT2D eigenvalue weighted by molar-refractivity contribution is 5.97. The minimum Gasteiger partial charge on any atom is -0.497 e. The predicted molar refractivity (Wildman–Crippen MR) is 143 cm³/mol. The Kier molecular flexibility index (Phi) is 8.65. The molecule has 0 N–H and O–H groups in total.